The number of carbonyl (C=O) groups excluding carboxylic acids is 1. The van der Waals surface area contributed by atoms with E-state index < -0.39 is 0 Å². The molecule has 2 atom stereocenters. The van der Waals surface area contributed by atoms with E-state index in [9.17, 15) is 4.79 Å². The Labute approximate surface area is 145 Å². The van der Waals surface area contributed by atoms with Gasteiger partial charge >= 0.3 is 0 Å². The van der Waals surface area contributed by atoms with Crippen molar-refractivity contribution >= 4 is 5.91 Å². The molecule has 0 aromatic heterocycles. The predicted octanol–water partition coefficient (Wildman–Crippen LogP) is 1.34. The molecule has 3 rings (SSSR count). The van der Waals surface area contributed by atoms with E-state index in [1.165, 1.54) is 5.56 Å². The van der Waals surface area contributed by atoms with Crippen LogP contribution in [0.3, 0.4) is 0 Å². The molecule has 2 heterocycles. The highest BCUT2D eigenvalue weighted by Crippen LogP contribution is 2.24. The predicted molar refractivity (Wildman–Crippen MR) is 94.7 cm³/mol. The van der Waals surface area contributed by atoms with E-state index in [1.54, 1.807) is 0 Å². The fourth-order valence-electron chi connectivity index (χ4n) is 3.55. The summed E-state index contributed by atoms with van der Waals surface area (Å²) in [6, 6.07) is 11.0. The van der Waals surface area contributed by atoms with E-state index in [0.717, 1.165) is 39.3 Å². The highest BCUT2D eigenvalue weighted by atomic mass is 16.5. The molecular formula is C19H29N3O2. The van der Waals surface area contributed by atoms with Gasteiger partial charge in [0.2, 0.25) is 5.91 Å². The number of nitrogens with one attached hydrogen (secondary N) is 1. The van der Waals surface area contributed by atoms with Gasteiger partial charge in [0.25, 0.3) is 0 Å². The minimum Gasteiger partial charge on any atom is -0.374 e. The third-order valence-corrected chi connectivity index (χ3v) is 4.80. The number of hydrogen-bond acceptors (Lipinski definition) is 4. The van der Waals surface area contributed by atoms with Gasteiger partial charge in [0.15, 0.2) is 0 Å². The molecule has 5 heteroatoms. The average molecular weight is 331 g/mol. The van der Waals surface area contributed by atoms with Gasteiger partial charge in [-0.2, -0.15) is 0 Å². The van der Waals surface area contributed by atoms with Gasteiger partial charge in [-0.15, -0.1) is 0 Å². The van der Waals surface area contributed by atoms with Crippen LogP contribution < -0.4 is 5.32 Å². The number of likely N-dealkylation sites (tertiary alicyclic amines) is 1. The van der Waals surface area contributed by atoms with Gasteiger partial charge in [-0.3, -0.25) is 14.6 Å². The van der Waals surface area contributed by atoms with Crippen LogP contribution >= 0.6 is 0 Å². The zero-order valence-corrected chi connectivity index (χ0v) is 14.8. The molecule has 0 radical (unpaired) electrons. The molecule has 0 saturated carbocycles. The van der Waals surface area contributed by atoms with Gasteiger partial charge < -0.3 is 10.1 Å². The zero-order valence-electron chi connectivity index (χ0n) is 14.8. The molecule has 0 spiro atoms. The molecule has 2 aliphatic rings. The molecule has 1 aromatic carbocycles. The SMILES string of the molecule is CC(C)CNC(=O)CN1C[C@@H]2OCCN(Cc3ccccc3)[C@H]2C1. The number of fused-ring (bicyclic) bond motifs is 1. The summed E-state index contributed by atoms with van der Waals surface area (Å²) in [5.41, 5.74) is 1.34. The molecule has 2 aliphatic heterocycles. The number of ether oxygens (including phenoxy) is 1. The van der Waals surface area contributed by atoms with Crippen LogP contribution in [0.25, 0.3) is 0 Å². The van der Waals surface area contributed by atoms with Gasteiger partial charge in [0, 0.05) is 32.7 Å². The second kappa shape index (κ2) is 8.10. The van der Waals surface area contributed by atoms with Crippen molar-refractivity contribution in [3.8, 4) is 0 Å². The lowest BCUT2D eigenvalue weighted by atomic mass is 10.1. The fourth-order valence-corrected chi connectivity index (χ4v) is 3.55. The smallest absolute Gasteiger partial charge is 0.234 e. The average Bonchev–Trinajstić information content (AvgIpc) is 2.97. The van der Waals surface area contributed by atoms with Crippen LogP contribution in [0, 0.1) is 5.92 Å². The van der Waals surface area contributed by atoms with Crippen LogP contribution in [0.5, 0.6) is 0 Å². The molecule has 0 unspecified atom stereocenters. The summed E-state index contributed by atoms with van der Waals surface area (Å²) in [5, 5.41) is 3.01. The number of carbonyl (C=O) groups is 1. The fraction of sp³-hybridized carbons (Fsp3) is 0.632. The van der Waals surface area contributed by atoms with Crippen LogP contribution in [0.4, 0.5) is 0 Å². The summed E-state index contributed by atoms with van der Waals surface area (Å²) >= 11 is 0. The number of hydrogen-bond donors (Lipinski definition) is 1. The highest BCUT2D eigenvalue weighted by molar-refractivity contribution is 5.78. The molecule has 132 valence electrons. The maximum Gasteiger partial charge on any atom is 0.234 e. The number of rotatable bonds is 6. The largest absolute Gasteiger partial charge is 0.374 e. The first-order valence-corrected chi connectivity index (χ1v) is 9.00. The normalized spacial score (nSPS) is 25.0. The van der Waals surface area contributed by atoms with E-state index in [2.05, 4.69) is 59.3 Å². The first-order chi connectivity index (χ1) is 11.6. The van der Waals surface area contributed by atoms with Crippen molar-refractivity contribution in [1.82, 2.24) is 15.1 Å². The maximum atomic E-state index is 12.1. The van der Waals surface area contributed by atoms with Gasteiger partial charge in [0.05, 0.1) is 25.3 Å². The number of morpholine rings is 1. The summed E-state index contributed by atoms with van der Waals surface area (Å²) in [6.07, 6.45) is 0.223. The molecule has 0 aliphatic carbocycles. The lowest BCUT2D eigenvalue weighted by Gasteiger charge is -2.37. The minimum atomic E-state index is 0.122. The summed E-state index contributed by atoms with van der Waals surface area (Å²) in [6.45, 7) is 9.90. The number of nitrogens with zero attached hydrogens (tertiary/aromatic N) is 2. The van der Waals surface area contributed by atoms with E-state index in [4.69, 9.17) is 4.74 Å². The van der Waals surface area contributed by atoms with Crippen LogP contribution in [-0.2, 0) is 16.1 Å². The Hall–Kier alpha value is -1.43. The lowest BCUT2D eigenvalue weighted by molar-refractivity contribution is -0.122. The Morgan fingerprint density at radius 1 is 1.29 bits per heavy atom. The summed E-state index contributed by atoms with van der Waals surface area (Å²) in [5.74, 6) is 0.608. The molecule has 0 bridgehead atoms. The Morgan fingerprint density at radius 2 is 2.08 bits per heavy atom. The lowest BCUT2D eigenvalue weighted by Crippen LogP contribution is -2.50. The molecular weight excluding hydrogens is 302 g/mol. The van der Waals surface area contributed by atoms with Crippen molar-refractivity contribution in [2.24, 2.45) is 5.92 Å². The molecule has 5 nitrogen and oxygen atoms in total. The summed E-state index contributed by atoms with van der Waals surface area (Å²) in [4.78, 5) is 16.8. The molecule has 2 fully saturated rings. The van der Waals surface area contributed by atoms with E-state index in [-0.39, 0.29) is 12.0 Å². The van der Waals surface area contributed by atoms with Crippen molar-refractivity contribution in [1.29, 1.82) is 0 Å². The quantitative estimate of drug-likeness (QED) is 0.854. The maximum absolute atomic E-state index is 12.1. The monoisotopic (exact) mass is 331 g/mol. The van der Waals surface area contributed by atoms with Crippen LogP contribution in [0.1, 0.15) is 19.4 Å². The molecule has 1 aromatic rings. The number of benzene rings is 1. The zero-order chi connectivity index (χ0) is 16.9. The summed E-state index contributed by atoms with van der Waals surface area (Å²) in [7, 11) is 0. The van der Waals surface area contributed by atoms with E-state index in [0.29, 0.717) is 18.5 Å². The van der Waals surface area contributed by atoms with E-state index in [1.807, 2.05) is 0 Å². The van der Waals surface area contributed by atoms with Crippen molar-refractivity contribution in [3.63, 3.8) is 0 Å². The molecule has 24 heavy (non-hydrogen) atoms. The van der Waals surface area contributed by atoms with Crippen LogP contribution in [0.2, 0.25) is 0 Å². The van der Waals surface area contributed by atoms with Crippen molar-refractivity contribution in [3.05, 3.63) is 35.9 Å². The topological polar surface area (TPSA) is 44.8 Å². The Kier molecular flexibility index (Phi) is 5.87. The first kappa shape index (κ1) is 17.4. The standard InChI is InChI=1S/C19H29N3O2/c1-15(2)10-20-19(23)14-21-12-17-18(13-21)24-9-8-22(17)11-16-6-4-3-5-7-16/h3-7,15,17-18H,8-14H2,1-2H3,(H,20,23)/t17-,18-/m0/s1. The second-order valence-corrected chi connectivity index (χ2v) is 7.32. The van der Waals surface area contributed by atoms with Crippen molar-refractivity contribution in [2.75, 3.05) is 39.3 Å². The van der Waals surface area contributed by atoms with Crippen LogP contribution in [-0.4, -0.2) is 67.2 Å². The molecule has 1 amide bonds. The van der Waals surface area contributed by atoms with Crippen molar-refractivity contribution in [2.45, 2.75) is 32.5 Å². The highest BCUT2D eigenvalue weighted by Gasteiger charge is 2.40. The van der Waals surface area contributed by atoms with Gasteiger partial charge in [0.1, 0.15) is 0 Å². The molecule has 1 N–H and O–H groups in total. The third-order valence-electron chi connectivity index (χ3n) is 4.80. The van der Waals surface area contributed by atoms with Crippen molar-refractivity contribution < 1.29 is 9.53 Å². The van der Waals surface area contributed by atoms with Gasteiger partial charge in [-0.1, -0.05) is 44.2 Å². The minimum absolute atomic E-state index is 0.122. The van der Waals surface area contributed by atoms with Gasteiger partial charge in [-0.05, 0) is 11.5 Å². The Morgan fingerprint density at radius 3 is 2.83 bits per heavy atom. The number of amides is 1. The Balaban J connectivity index is 1.54. The Bertz CT molecular complexity index is 535. The third kappa shape index (κ3) is 4.56. The van der Waals surface area contributed by atoms with Crippen LogP contribution in [0.15, 0.2) is 30.3 Å². The van der Waals surface area contributed by atoms with E-state index >= 15 is 0 Å². The summed E-state index contributed by atoms with van der Waals surface area (Å²) < 4.78 is 5.96. The molecule has 2 saturated heterocycles. The van der Waals surface area contributed by atoms with Gasteiger partial charge in [-0.25, -0.2) is 0 Å². The second-order valence-electron chi connectivity index (χ2n) is 7.32. The first-order valence-electron chi connectivity index (χ1n) is 9.00.